The number of benzene rings is 2. The number of aliphatic hydroxyl groups excluding tert-OH is 1. The number of para-hydroxylation sites is 1. The number of hydrogen-bond donors (Lipinski definition) is 3. The Balaban J connectivity index is 1.42. The van der Waals surface area contributed by atoms with E-state index in [1.165, 1.54) is 35.3 Å². The van der Waals surface area contributed by atoms with Gasteiger partial charge in [-0.15, -0.1) is 10.2 Å². The summed E-state index contributed by atoms with van der Waals surface area (Å²) in [6, 6.07) is 12.5. The van der Waals surface area contributed by atoms with Crippen LogP contribution >= 0.6 is 11.6 Å². The lowest BCUT2D eigenvalue weighted by molar-refractivity contribution is -0.207. The molecule has 4 N–H and O–H groups in total. The molecule has 0 saturated heterocycles. The Morgan fingerprint density at radius 2 is 1.83 bits per heavy atom. The first-order chi connectivity index (χ1) is 20.0. The van der Waals surface area contributed by atoms with Gasteiger partial charge in [-0.25, -0.2) is 19.1 Å². The van der Waals surface area contributed by atoms with Gasteiger partial charge < -0.3 is 16.2 Å². The van der Waals surface area contributed by atoms with Crippen LogP contribution in [0.2, 0.25) is 5.02 Å². The van der Waals surface area contributed by atoms with Gasteiger partial charge >= 0.3 is 11.9 Å². The van der Waals surface area contributed by atoms with Gasteiger partial charge in [-0.3, -0.25) is 9.36 Å². The van der Waals surface area contributed by atoms with Gasteiger partial charge in [-0.05, 0) is 49.2 Å². The van der Waals surface area contributed by atoms with E-state index < -0.39 is 24.5 Å². The smallest absolute Gasteiger partial charge is 0.382 e. The van der Waals surface area contributed by atoms with Gasteiger partial charge in [0.25, 0.3) is 5.91 Å². The van der Waals surface area contributed by atoms with E-state index in [4.69, 9.17) is 17.3 Å². The summed E-state index contributed by atoms with van der Waals surface area (Å²) in [5.74, 6) is -0.289. The van der Waals surface area contributed by atoms with E-state index in [-0.39, 0.29) is 36.2 Å². The van der Waals surface area contributed by atoms with Crippen LogP contribution in [0.1, 0.15) is 41.9 Å². The molecule has 42 heavy (non-hydrogen) atoms. The third kappa shape index (κ3) is 6.40. The Kier molecular flexibility index (Phi) is 8.48. The summed E-state index contributed by atoms with van der Waals surface area (Å²) in [6.45, 7) is -1.35. The summed E-state index contributed by atoms with van der Waals surface area (Å²) < 4.78 is 42.5. The zero-order valence-electron chi connectivity index (χ0n) is 22.2. The van der Waals surface area contributed by atoms with Crippen molar-refractivity contribution in [2.45, 2.75) is 63.1 Å². The monoisotopic (exact) mass is 604 g/mol. The molecule has 4 aromatic rings. The molecular formula is C27H28ClF3N8O3. The first-order valence-electron chi connectivity index (χ1n) is 13.3. The molecule has 3 atom stereocenters. The Bertz CT molecular complexity index is 1620. The number of alkyl halides is 3. The van der Waals surface area contributed by atoms with Crippen LogP contribution < -0.4 is 16.7 Å². The Morgan fingerprint density at radius 1 is 1.12 bits per heavy atom. The van der Waals surface area contributed by atoms with Crippen molar-refractivity contribution in [3.05, 3.63) is 81.8 Å². The highest BCUT2D eigenvalue weighted by atomic mass is 35.5. The SMILES string of the molecule is N[C@H]1CCCC[C@@H]1NC(=O)c1ccccc1-n1cnc(Cn2nc(-c3ccc(Cl)cc3)n(C[C@H](O)C(F)(F)F)c2=O)n1. The maximum absolute atomic E-state index is 13.2. The molecule has 1 aliphatic rings. The van der Waals surface area contributed by atoms with Crippen molar-refractivity contribution >= 4 is 17.5 Å². The number of carbonyl (C=O) groups excluding carboxylic acids is 1. The van der Waals surface area contributed by atoms with Crippen molar-refractivity contribution < 1.29 is 23.1 Å². The first-order valence-corrected chi connectivity index (χ1v) is 13.6. The number of hydrogen-bond acceptors (Lipinski definition) is 7. The van der Waals surface area contributed by atoms with Gasteiger partial charge in [0.1, 0.15) is 12.9 Å². The Labute approximate surface area is 242 Å². The molecule has 222 valence electrons. The maximum Gasteiger partial charge on any atom is 0.416 e. The van der Waals surface area contributed by atoms with Crippen molar-refractivity contribution in [1.82, 2.24) is 34.4 Å². The number of amides is 1. The van der Waals surface area contributed by atoms with Crippen molar-refractivity contribution in [3.63, 3.8) is 0 Å². The highest BCUT2D eigenvalue weighted by Crippen LogP contribution is 2.24. The van der Waals surface area contributed by atoms with Crippen LogP contribution in [0.3, 0.4) is 0 Å². The number of rotatable bonds is 8. The fourth-order valence-corrected chi connectivity index (χ4v) is 4.99. The van der Waals surface area contributed by atoms with Gasteiger partial charge in [-0.1, -0.05) is 36.6 Å². The predicted octanol–water partition coefficient (Wildman–Crippen LogP) is 2.92. The van der Waals surface area contributed by atoms with Crippen molar-refractivity contribution in [2.75, 3.05) is 0 Å². The number of aromatic nitrogens is 6. The highest BCUT2D eigenvalue weighted by Gasteiger charge is 2.39. The second kappa shape index (κ2) is 12.1. The van der Waals surface area contributed by atoms with Crippen molar-refractivity contribution in [1.29, 1.82) is 0 Å². The van der Waals surface area contributed by atoms with E-state index in [0.29, 0.717) is 21.8 Å². The largest absolute Gasteiger partial charge is 0.416 e. The number of aliphatic hydroxyl groups is 1. The normalized spacial score (nSPS) is 18.1. The minimum Gasteiger partial charge on any atom is -0.382 e. The third-order valence-corrected chi connectivity index (χ3v) is 7.37. The average Bonchev–Trinajstić information content (AvgIpc) is 3.55. The number of carbonyl (C=O) groups is 1. The maximum atomic E-state index is 13.2. The van der Waals surface area contributed by atoms with Crippen LogP contribution in [-0.4, -0.2) is 64.5 Å². The quantitative estimate of drug-likeness (QED) is 0.280. The topological polar surface area (TPSA) is 146 Å². The number of nitrogens with one attached hydrogen (secondary N) is 1. The Morgan fingerprint density at radius 3 is 2.55 bits per heavy atom. The van der Waals surface area contributed by atoms with E-state index >= 15 is 0 Å². The molecule has 2 aromatic heterocycles. The average molecular weight is 605 g/mol. The van der Waals surface area contributed by atoms with Crippen LogP contribution in [-0.2, 0) is 13.1 Å². The van der Waals surface area contributed by atoms with Gasteiger partial charge in [0.2, 0.25) is 0 Å². The van der Waals surface area contributed by atoms with E-state index in [2.05, 4.69) is 20.5 Å². The molecule has 2 heterocycles. The molecule has 15 heteroatoms. The summed E-state index contributed by atoms with van der Waals surface area (Å²) in [5, 5.41) is 21.7. The summed E-state index contributed by atoms with van der Waals surface area (Å²) in [4.78, 5) is 30.5. The molecule has 0 bridgehead atoms. The van der Waals surface area contributed by atoms with Gasteiger partial charge in [0.15, 0.2) is 17.8 Å². The molecule has 11 nitrogen and oxygen atoms in total. The lowest BCUT2D eigenvalue weighted by Gasteiger charge is -2.29. The zero-order valence-corrected chi connectivity index (χ0v) is 23.0. The minimum absolute atomic E-state index is 0.0951. The molecule has 1 aliphatic carbocycles. The van der Waals surface area contributed by atoms with Crippen LogP contribution in [0.25, 0.3) is 17.1 Å². The fourth-order valence-electron chi connectivity index (χ4n) is 4.87. The van der Waals surface area contributed by atoms with Crippen LogP contribution in [0.4, 0.5) is 13.2 Å². The van der Waals surface area contributed by atoms with Crippen LogP contribution in [0.15, 0.2) is 59.7 Å². The van der Waals surface area contributed by atoms with E-state index in [1.54, 1.807) is 24.3 Å². The van der Waals surface area contributed by atoms with Gasteiger partial charge in [0, 0.05) is 22.7 Å². The van der Waals surface area contributed by atoms with Crippen LogP contribution in [0.5, 0.6) is 0 Å². The second-order valence-corrected chi connectivity index (χ2v) is 10.5. The molecule has 5 rings (SSSR count). The van der Waals surface area contributed by atoms with E-state index in [9.17, 15) is 27.9 Å². The van der Waals surface area contributed by atoms with Gasteiger partial charge in [-0.2, -0.15) is 13.2 Å². The molecule has 0 spiro atoms. The summed E-state index contributed by atoms with van der Waals surface area (Å²) >= 11 is 5.93. The molecule has 2 aromatic carbocycles. The first kappa shape index (κ1) is 29.5. The number of nitrogens with zero attached hydrogens (tertiary/aromatic N) is 6. The lowest BCUT2D eigenvalue weighted by atomic mass is 9.91. The van der Waals surface area contributed by atoms with E-state index in [1.807, 2.05) is 0 Å². The fraction of sp³-hybridized carbons (Fsp3) is 0.370. The summed E-state index contributed by atoms with van der Waals surface area (Å²) in [6.07, 6.45) is -2.73. The molecular weight excluding hydrogens is 577 g/mol. The third-order valence-electron chi connectivity index (χ3n) is 7.12. The molecule has 0 unspecified atom stereocenters. The second-order valence-electron chi connectivity index (χ2n) is 10.1. The molecule has 1 amide bonds. The van der Waals surface area contributed by atoms with Gasteiger partial charge in [0.05, 0.1) is 17.8 Å². The van der Waals surface area contributed by atoms with Crippen LogP contribution in [0, 0.1) is 0 Å². The molecule has 1 fully saturated rings. The zero-order chi connectivity index (χ0) is 30.0. The van der Waals surface area contributed by atoms with E-state index in [0.717, 1.165) is 34.9 Å². The Hall–Kier alpha value is -4.01. The molecule has 0 radical (unpaired) electrons. The predicted molar refractivity (Wildman–Crippen MR) is 147 cm³/mol. The summed E-state index contributed by atoms with van der Waals surface area (Å²) in [5.41, 5.74) is 6.40. The minimum atomic E-state index is -4.94. The molecule has 0 aliphatic heterocycles. The number of halogens is 4. The summed E-state index contributed by atoms with van der Waals surface area (Å²) in [7, 11) is 0. The number of nitrogens with two attached hydrogens (primary N) is 1. The standard InChI is InChI=1S/C27H28ClF3N8O3/c28-17-11-9-16(10-12-17)24-36-38(26(42)37(24)13-22(40)27(29,30)31)14-23-33-15-39(35-23)21-8-4-1-5-18(21)25(41)34-20-7-3-2-6-19(20)32/h1,4-5,8-12,15,19-20,22,40H,2-3,6-7,13-14,32H2,(H,34,41)/t19-,20-,22-/m0/s1. The highest BCUT2D eigenvalue weighted by molar-refractivity contribution is 6.30. The molecule has 1 saturated carbocycles. The lowest BCUT2D eigenvalue weighted by Crippen LogP contribution is -2.49. The van der Waals surface area contributed by atoms with Crippen molar-refractivity contribution in [2.24, 2.45) is 5.73 Å². The van der Waals surface area contributed by atoms with Crippen molar-refractivity contribution in [3.8, 4) is 17.1 Å².